The van der Waals surface area contributed by atoms with Crippen LogP contribution in [0.3, 0.4) is 0 Å². The molecule has 1 unspecified atom stereocenters. The molecule has 0 radical (unpaired) electrons. The van der Waals surface area contributed by atoms with Crippen molar-refractivity contribution in [1.29, 1.82) is 0 Å². The highest BCUT2D eigenvalue weighted by atomic mass is 19.1. The number of nitrogens with one attached hydrogen (secondary N) is 4. The largest absolute Gasteiger partial charge is 0.444 e. The summed E-state index contributed by atoms with van der Waals surface area (Å²) in [5.74, 6) is -0.812. The van der Waals surface area contributed by atoms with Crippen LogP contribution in [0.4, 0.5) is 20.8 Å². The third-order valence-electron chi connectivity index (χ3n) is 7.24. The minimum atomic E-state index is -0.703. The molecule has 42 heavy (non-hydrogen) atoms. The number of aromatic nitrogens is 1. The number of nitrogens with zero attached hydrogens (tertiary/aromatic N) is 1. The van der Waals surface area contributed by atoms with Crippen molar-refractivity contribution < 1.29 is 18.7 Å². The van der Waals surface area contributed by atoms with Gasteiger partial charge in [0.05, 0.1) is 17.1 Å². The Hall–Kier alpha value is -4.14. The molecule has 4 N–H and O–H groups in total. The first-order valence-corrected chi connectivity index (χ1v) is 14.5. The molecule has 1 fully saturated rings. The summed E-state index contributed by atoms with van der Waals surface area (Å²) in [6.07, 6.45) is 2.82. The maximum atomic E-state index is 15.6. The fourth-order valence-corrected chi connectivity index (χ4v) is 5.07. The molecule has 1 aliphatic carbocycles. The Bertz CT molecular complexity index is 1360. The number of amides is 2. The second kappa shape index (κ2) is 13.2. The van der Waals surface area contributed by atoms with E-state index in [4.69, 9.17) is 4.74 Å². The second-order valence-corrected chi connectivity index (χ2v) is 12.3. The SMILES string of the molecule is CC(C)(C)OC(=O)N[C@H]1CCCCC1Nc1nc(NCc2ccccc2)c(C(=O)NC(C)(C)c2ccccc2)cc1F. The van der Waals surface area contributed by atoms with Crippen LogP contribution in [-0.2, 0) is 16.8 Å². The van der Waals surface area contributed by atoms with Gasteiger partial charge in [-0.3, -0.25) is 4.79 Å². The van der Waals surface area contributed by atoms with Crippen molar-refractivity contribution in [2.24, 2.45) is 0 Å². The van der Waals surface area contributed by atoms with Gasteiger partial charge in [0, 0.05) is 12.6 Å². The van der Waals surface area contributed by atoms with E-state index in [0.29, 0.717) is 6.54 Å². The maximum absolute atomic E-state index is 15.6. The van der Waals surface area contributed by atoms with Gasteiger partial charge >= 0.3 is 6.09 Å². The van der Waals surface area contributed by atoms with Gasteiger partial charge in [-0.15, -0.1) is 0 Å². The quantitative estimate of drug-likeness (QED) is 0.225. The van der Waals surface area contributed by atoms with Crippen molar-refractivity contribution in [2.45, 2.75) is 90.1 Å². The summed E-state index contributed by atoms with van der Waals surface area (Å²) < 4.78 is 21.1. The predicted molar refractivity (Wildman–Crippen MR) is 164 cm³/mol. The van der Waals surface area contributed by atoms with Crippen molar-refractivity contribution in [3.8, 4) is 0 Å². The summed E-state index contributed by atoms with van der Waals surface area (Å²) in [5, 5.41) is 12.4. The molecule has 1 aliphatic rings. The number of carbonyl (C=O) groups is 2. The zero-order valence-corrected chi connectivity index (χ0v) is 25.1. The molecule has 0 spiro atoms. The van der Waals surface area contributed by atoms with Gasteiger partial charge in [-0.25, -0.2) is 14.2 Å². The van der Waals surface area contributed by atoms with Crippen LogP contribution in [0.2, 0.25) is 0 Å². The monoisotopic (exact) mass is 575 g/mol. The summed E-state index contributed by atoms with van der Waals surface area (Å²) >= 11 is 0. The number of carbonyl (C=O) groups excluding carboxylic acids is 2. The van der Waals surface area contributed by atoms with Crippen molar-refractivity contribution >= 4 is 23.6 Å². The Morgan fingerprint density at radius 3 is 2.17 bits per heavy atom. The number of halogens is 1. The Labute approximate surface area is 247 Å². The standard InChI is InChI=1S/C33H42FN5O3/c1-32(2,3)42-31(41)37-27-19-13-12-18-26(27)36-29-25(34)20-24(28(38-29)35-21-22-14-8-6-9-15-22)30(40)39-33(4,5)23-16-10-7-11-17-23/h6-11,14-17,20,26-27H,12-13,18-19,21H2,1-5H3,(H,37,41)(H,39,40)(H2,35,36,38)/t26?,27-/m0/s1. The van der Waals surface area contributed by atoms with Crippen LogP contribution in [0.15, 0.2) is 66.7 Å². The molecule has 4 rings (SSSR count). The number of pyridine rings is 1. The lowest BCUT2D eigenvalue weighted by Gasteiger charge is -2.34. The Balaban J connectivity index is 1.59. The van der Waals surface area contributed by atoms with Crippen LogP contribution in [0.25, 0.3) is 0 Å². The van der Waals surface area contributed by atoms with Crippen molar-refractivity contribution in [3.63, 3.8) is 0 Å². The van der Waals surface area contributed by atoms with Crippen LogP contribution in [0.1, 0.15) is 81.8 Å². The molecular formula is C33H42FN5O3. The summed E-state index contributed by atoms with van der Waals surface area (Å²) in [5.41, 5.74) is 0.684. The molecule has 0 saturated heterocycles. The molecule has 224 valence electrons. The average molecular weight is 576 g/mol. The molecule has 3 aromatic rings. The Morgan fingerprint density at radius 2 is 1.52 bits per heavy atom. The fraction of sp³-hybridized carbons (Fsp3) is 0.424. The van der Waals surface area contributed by atoms with Gasteiger partial charge < -0.3 is 26.0 Å². The number of hydrogen-bond acceptors (Lipinski definition) is 6. The van der Waals surface area contributed by atoms with Crippen LogP contribution in [-0.4, -0.2) is 34.7 Å². The van der Waals surface area contributed by atoms with Gasteiger partial charge in [-0.2, -0.15) is 0 Å². The molecule has 2 atom stereocenters. The van der Waals surface area contributed by atoms with E-state index in [0.717, 1.165) is 36.8 Å². The number of hydrogen-bond donors (Lipinski definition) is 4. The average Bonchev–Trinajstić information content (AvgIpc) is 2.94. The first kappa shape index (κ1) is 30.8. The summed E-state index contributed by atoms with van der Waals surface area (Å²) in [6, 6.07) is 20.0. The maximum Gasteiger partial charge on any atom is 0.407 e. The molecule has 1 saturated carbocycles. The van der Waals surface area contributed by atoms with E-state index in [2.05, 4.69) is 26.3 Å². The highest BCUT2D eigenvalue weighted by molar-refractivity contribution is 5.99. The van der Waals surface area contributed by atoms with Crippen LogP contribution < -0.4 is 21.3 Å². The number of rotatable bonds is 9. The lowest BCUT2D eigenvalue weighted by molar-refractivity contribution is 0.0488. The summed E-state index contributed by atoms with van der Waals surface area (Å²) in [4.78, 5) is 30.6. The molecule has 1 heterocycles. The van der Waals surface area contributed by atoms with E-state index >= 15 is 4.39 Å². The lowest BCUT2D eigenvalue weighted by atomic mass is 9.90. The zero-order valence-electron chi connectivity index (χ0n) is 25.1. The molecular weight excluding hydrogens is 533 g/mol. The molecule has 2 aromatic carbocycles. The van der Waals surface area contributed by atoms with E-state index in [-0.39, 0.29) is 29.3 Å². The summed E-state index contributed by atoms with van der Waals surface area (Å²) in [6.45, 7) is 9.63. The number of ether oxygens (including phenoxy) is 1. The fourth-order valence-electron chi connectivity index (χ4n) is 5.07. The first-order chi connectivity index (χ1) is 19.9. The van der Waals surface area contributed by atoms with Crippen LogP contribution in [0.5, 0.6) is 0 Å². The third kappa shape index (κ3) is 8.44. The molecule has 0 aliphatic heterocycles. The van der Waals surface area contributed by atoms with E-state index in [1.807, 2.05) is 95.3 Å². The smallest absolute Gasteiger partial charge is 0.407 e. The molecule has 2 amide bonds. The Kier molecular flexibility index (Phi) is 9.70. The van der Waals surface area contributed by atoms with E-state index in [1.54, 1.807) is 0 Å². The second-order valence-electron chi connectivity index (χ2n) is 12.3. The van der Waals surface area contributed by atoms with Gasteiger partial charge in [0.2, 0.25) is 0 Å². The molecule has 0 bridgehead atoms. The van der Waals surface area contributed by atoms with Crippen molar-refractivity contribution in [1.82, 2.24) is 15.6 Å². The van der Waals surface area contributed by atoms with Crippen LogP contribution in [0, 0.1) is 5.82 Å². The zero-order chi connectivity index (χ0) is 30.3. The predicted octanol–water partition coefficient (Wildman–Crippen LogP) is 6.75. The molecule has 9 heteroatoms. The van der Waals surface area contributed by atoms with Gasteiger partial charge in [0.1, 0.15) is 11.4 Å². The third-order valence-corrected chi connectivity index (χ3v) is 7.24. The first-order valence-electron chi connectivity index (χ1n) is 14.5. The lowest BCUT2D eigenvalue weighted by Crippen LogP contribution is -2.50. The van der Waals surface area contributed by atoms with Gasteiger partial charge in [-0.1, -0.05) is 73.5 Å². The minimum absolute atomic E-state index is 0.0207. The van der Waals surface area contributed by atoms with E-state index < -0.39 is 29.0 Å². The molecule has 1 aromatic heterocycles. The van der Waals surface area contributed by atoms with Crippen molar-refractivity contribution in [2.75, 3.05) is 10.6 Å². The topological polar surface area (TPSA) is 104 Å². The molecule has 8 nitrogen and oxygen atoms in total. The summed E-state index contributed by atoms with van der Waals surface area (Å²) in [7, 11) is 0. The van der Waals surface area contributed by atoms with Gasteiger partial charge in [0.25, 0.3) is 5.91 Å². The minimum Gasteiger partial charge on any atom is -0.444 e. The highest BCUT2D eigenvalue weighted by Crippen LogP contribution is 2.28. The highest BCUT2D eigenvalue weighted by Gasteiger charge is 2.31. The number of anilines is 2. The van der Waals surface area contributed by atoms with E-state index in [9.17, 15) is 9.59 Å². The van der Waals surface area contributed by atoms with Gasteiger partial charge in [-0.05, 0) is 64.7 Å². The number of alkyl carbamates (subject to hydrolysis) is 1. The Morgan fingerprint density at radius 1 is 0.905 bits per heavy atom. The number of benzene rings is 2. The van der Waals surface area contributed by atoms with E-state index in [1.165, 1.54) is 6.07 Å². The van der Waals surface area contributed by atoms with Crippen molar-refractivity contribution in [3.05, 3.63) is 89.2 Å². The normalized spacial score (nSPS) is 17.2. The van der Waals surface area contributed by atoms with Crippen LogP contribution >= 0.6 is 0 Å². The van der Waals surface area contributed by atoms with Gasteiger partial charge in [0.15, 0.2) is 11.6 Å².